The monoisotopic (exact) mass is 259 g/mol. The Kier molecular flexibility index (Phi) is 3.92. The van der Waals surface area contributed by atoms with Crippen LogP contribution in [-0.4, -0.2) is 10.8 Å². The normalized spacial score (nSPS) is 10.9. The first-order chi connectivity index (χ1) is 8.56. The van der Waals surface area contributed by atoms with E-state index in [2.05, 4.69) is 18.8 Å². The number of carbonyl (C=O) groups excluding carboxylic acids is 1. The minimum absolute atomic E-state index is 0.139. The molecule has 1 heterocycles. The van der Waals surface area contributed by atoms with E-state index in [1.165, 1.54) is 5.56 Å². The van der Waals surface area contributed by atoms with E-state index in [1.807, 2.05) is 36.6 Å². The van der Waals surface area contributed by atoms with Crippen LogP contribution in [-0.2, 0) is 6.42 Å². The van der Waals surface area contributed by atoms with Crippen LogP contribution in [0.3, 0.4) is 0 Å². The second-order valence-corrected chi connectivity index (χ2v) is 5.70. The number of aromatic nitrogens is 1. The molecular formula is C15H17NOS. The van der Waals surface area contributed by atoms with Crippen LogP contribution in [0.5, 0.6) is 0 Å². The summed E-state index contributed by atoms with van der Waals surface area (Å²) in [6.07, 6.45) is 0.402. The first kappa shape index (κ1) is 13.0. The van der Waals surface area contributed by atoms with Crippen molar-refractivity contribution in [2.75, 3.05) is 0 Å². The van der Waals surface area contributed by atoms with Crippen molar-refractivity contribution in [3.8, 4) is 0 Å². The van der Waals surface area contributed by atoms with E-state index < -0.39 is 0 Å². The van der Waals surface area contributed by atoms with Gasteiger partial charge in [-0.3, -0.25) is 4.79 Å². The van der Waals surface area contributed by atoms with Crippen molar-refractivity contribution in [3.05, 3.63) is 51.5 Å². The molecule has 2 aromatic rings. The van der Waals surface area contributed by atoms with Gasteiger partial charge in [0.15, 0.2) is 5.78 Å². The molecule has 0 spiro atoms. The Morgan fingerprint density at radius 3 is 2.44 bits per heavy atom. The summed E-state index contributed by atoms with van der Waals surface area (Å²) in [5, 5.41) is 2.87. The van der Waals surface area contributed by atoms with Gasteiger partial charge in [0.1, 0.15) is 5.01 Å². The number of rotatable bonds is 4. The molecule has 0 saturated heterocycles. The van der Waals surface area contributed by atoms with Crippen molar-refractivity contribution in [3.63, 3.8) is 0 Å². The van der Waals surface area contributed by atoms with Gasteiger partial charge in [0, 0.05) is 16.6 Å². The molecule has 3 heteroatoms. The van der Waals surface area contributed by atoms with E-state index in [-0.39, 0.29) is 5.78 Å². The quantitative estimate of drug-likeness (QED) is 0.777. The molecule has 0 atom stereocenters. The smallest absolute Gasteiger partial charge is 0.169 e. The van der Waals surface area contributed by atoms with E-state index >= 15 is 0 Å². The molecule has 0 N–H and O–H groups in total. The lowest BCUT2D eigenvalue weighted by Crippen LogP contribution is -2.03. The lowest BCUT2D eigenvalue weighted by Gasteiger charge is -2.05. The number of hydrogen-bond acceptors (Lipinski definition) is 3. The average Bonchev–Trinajstić information content (AvgIpc) is 2.75. The summed E-state index contributed by atoms with van der Waals surface area (Å²) < 4.78 is 0. The molecule has 0 bridgehead atoms. The van der Waals surface area contributed by atoms with Crippen molar-refractivity contribution < 1.29 is 4.79 Å². The Labute approximate surface area is 112 Å². The maximum Gasteiger partial charge on any atom is 0.169 e. The summed E-state index contributed by atoms with van der Waals surface area (Å²) in [5.41, 5.74) is 3.02. The zero-order valence-corrected chi connectivity index (χ0v) is 11.8. The van der Waals surface area contributed by atoms with Crippen LogP contribution in [0, 0.1) is 6.92 Å². The molecule has 0 aliphatic heterocycles. The number of hydrogen-bond donors (Lipinski definition) is 0. The molecule has 0 saturated carbocycles. The zero-order chi connectivity index (χ0) is 13.1. The summed E-state index contributed by atoms with van der Waals surface area (Å²) >= 11 is 1.55. The number of aryl methyl sites for hydroxylation is 1. The molecular weight excluding hydrogens is 242 g/mol. The Balaban J connectivity index is 2.09. The van der Waals surface area contributed by atoms with Crippen molar-refractivity contribution in [1.82, 2.24) is 4.98 Å². The Morgan fingerprint density at radius 2 is 1.94 bits per heavy atom. The predicted octanol–water partition coefficient (Wildman–Crippen LogP) is 4.00. The van der Waals surface area contributed by atoms with Gasteiger partial charge in [-0.15, -0.1) is 11.3 Å². The van der Waals surface area contributed by atoms with E-state index in [4.69, 9.17) is 0 Å². The highest BCUT2D eigenvalue weighted by molar-refractivity contribution is 7.09. The number of ketones is 1. The van der Waals surface area contributed by atoms with Crippen molar-refractivity contribution in [1.29, 1.82) is 0 Å². The highest BCUT2D eigenvalue weighted by Crippen LogP contribution is 2.17. The van der Waals surface area contributed by atoms with E-state index in [0.29, 0.717) is 12.3 Å². The average molecular weight is 259 g/mol. The van der Waals surface area contributed by atoms with E-state index in [0.717, 1.165) is 16.3 Å². The van der Waals surface area contributed by atoms with Crippen LogP contribution in [0.4, 0.5) is 0 Å². The summed E-state index contributed by atoms with van der Waals surface area (Å²) in [5.74, 6) is 0.635. The van der Waals surface area contributed by atoms with Crippen LogP contribution >= 0.6 is 11.3 Å². The van der Waals surface area contributed by atoms with Crippen molar-refractivity contribution >= 4 is 17.1 Å². The molecule has 94 valence electrons. The van der Waals surface area contributed by atoms with Crippen LogP contribution in [0.1, 0.15) is 46.4 Å². The minimum Gasteiger partial charge on any atom is -0.294 e. The van der Waals surface area contributed by atoms with Gasteiger partial charge in [-0.2, -0.15) is 0 Å². The first-order valence-corrected chi connectivity index (χ1v) is 6.98. The third kappa shape index (κ3) is 3.05. The first-order valence-electron chi connectivity index (χ1n) is 6.10. The fraction of sp³-hybridized carbons (Fsp3) is 0.333. The molecule has 0 unspecified atom stereocenters. The molecule has 0 fully saturated rings. The summed E-state index contributed by atoms with van der Waals surface area (Å²) in [4.78, 5) is 16.4. The topological polar surface area (TPSA) is 30.0 Å². The fourth-order valence-corrected chi connectivity index (χ4v) is 2.55. The van der Waals surface area contributed by atoms with Gasteiger partial charge in [-0.25, -0.2) is 4.98 Å². The van der Waals surface area contributed by atoms with E-state index in [1.54, 1.807) is 11.3 Å². The standard InChI is InChI=1S/C15H17NOS/c1-10(2)12-4-6-13(7-5-12)14(17)8-15-16-11(3)9-18-15/h4-7,9-10H,8H2,1-3H3. The maximum atomic E-state index is 12.1. The van der Waals surface area contributed by atoms with E-state index in [9.17, 15) is 4.79 Å². The minimum atomic E-state index is 0.139. The molecule has 0 amide bonds. The lowest BCUT2D eigenvalue weighted by atomic mass is 10.00. The van der Waals surface area contributed by atoms with Gasteiger partial charge in [-0.05, 0) is 18.4 Å². The van der Waals surface area contributed by atoms with Gasteiger partial charge in [-0.1, -0.05) is 38.1 Å². The highest BCUT2D eigenvalue weighted by Gasteiger charge is 2.10. The molecule has 0 aliphatic rings. The molecule has 0 aliphatic carbocycles. The van der Waals surface area contributed by atoms with Crippen molar-refractivity contribution in [2.24, 2.45) is 0 Å². The summed E-state index contributed by atoms with van der Waals surface area (Å²) in [7, 11) is 0. The van der Waals surface area contributed by atoms with Gasteiger partial charge in [0.2, 0.25) is 0 Å². The van der Waals surface area contributed by atoms with Gasteiger partial charge in [0.25, 0.3) is 0 Å². The second kappa shape index (κ2) is 5.44. The Bertz CT molecular complexity index is 540. The largest absolute Gasteiger partial charge is 0.294 e. The van der Waals surface area contributed by atoms with Crippen LogP contribution < -0.4 is 0 Å². The number of thiazole rings is 1. The number of carbonyl (C=O) groups is 1. The van der Waals surface area contributed by atoms with Gasteiger partial charge in [0.05, 0.1) is 6.42 Å². The number of Topliss-reactive ketones (excluding diaryl/α,β-unsaturated/α-hetero) is 1. The lowest BCUT2D eigenvalue weighted by molar-refractivity contribution is 0.0993. The second-order valence-electron chi connectivity index (χ2n) is 4.76. The van der Waals surface area contributed by atoms with Crippen LogP contribution in [0.15, 0.2) is 29.6 Å². The summed E-state index contributed by atoms with van der Waals surface area (Å²) in [6, 6.07) is 7.90. The van der Waals surface area contributed by atoms with Gasteiger partial charge < -0.3 is 0 Å². The maximum absolute atomic E-state index is 12.1. The van der Waals surface area contributed by atoms with Crippen molar-refractivity contribution in [2.45, 2.75) is 33.1 Å². The molecule has 2 nitrogen and oxygen atoms in total. The van der Waals surface area contributed by atoms with Crippen LogP contribution in [0.25, 0.3) is 0 Å². The summed E-state index contributed by atoms with van der Waals surface area (Å²) in [6.45, 7) is 6.24. The number of nitrogens with zero attached hydrogens (tertiary/aromatic N) is 1. The Morgan fingerprint density at radius 1 is 1.28 bits per heavy atom. The third-order valence-corrected chi connectivity index (χ3v) is 3.84. The number of benzene rings is 1. The molecule has 1 aromatic heterocycles. The highest BCUT2D eigenvalue weighted by atomic mass is 32.1. The Hall–Kier alpha value is -1.48. The molecule has 1 aromatic carbocycles. The fourth-order valence-electron chi connectivity index (χ4n) is 1.78. The predicted molar refractivity (Wildman–Crippen MR) is 75.4 cm³/mol. The van der Waals surface area contributed by atoms with Crippen LogP contribution in [0.2, 0.25) is 0 Å². The molecule has 2 rings (SSSR count). The molecule has 18 heavy (non-hydrogen) atoms. The third-order valence-electron chi connectivity index (χ3n) is 2.88. The molecule has 0 radical (unpaired) electrons. The van der Waals surface area contributed by atoms with Gasteiger partial charge >= 0.3 is 0 Å². The zero-order valence-electron chi connectivity index (χ0n) is 10.9. The SMILES string of the molecule is Cc1csc(CC(=O)c2ccc(C(C)C)cc2)n1.